The van der Waals surface area contributed by atoms with E-state index in [2.05, 4.69) is 15.4 Å². The van der Waals surface area contributed by atoms with Crippen molar-refractivity contribution in [3.8, 4) is 11.5 Å². The quantitative estimate of drug-likeness (QED) is 0.732. The first-order chi connectivity index (χ1) is 12.3. The highest BCUT2D eigenvalue weighted by molar-refractivity contribution is 5.96. The predicted octanol–water partition coefficient (Wildman–Crippen LogP) is 2.11. The zero-order chi connectivity index (χ0) is 19.3. The minimum Gasteiger partial charge on any atom is -0.493 e. The van der Waals surface area contributed by atoms with Crippen molar-refractivity contribution in [3.05, 3.63) is 23.8 Å². The number of rotatable bonds is 8. The highest BCUT2D eigenvalue weighted by Gasteiger charge is 2.26. The van der Waals surface area contributed by atoms with Crippen molar-refractivity contribution < 1.29 is 27.8 Å². The molecule has 0 bridgehead atoms. The van der Waals surface area contributed by atoms with Crippen LogP contribution in [0.4, 0.5) is 13.6 Å². The second-order valence-electron chi connectivity index (χ2n) is 6.19. The van der Waals surface area contributed by atoms with Crippen LogP contribution in [0.5, 0.6) is 11.5 Å². The van der Waals surface area contributed by atoms with E-state index in [4.69, 9.17) is 4.74 Å². The van der Waals surface area contributed by atoms with Gasteiger partial charge in [0.1, 0.15) is 0 Å². The molecule has 1 aromatic rings. The summed E-state index contributed by atoms with van der Waals surface area (Å²) in [5.74, 6) is -0.302. The highest BCUT2D eigenvalue weighted by atomic mass is 19.3. The number of ether oxygens (including phenoxy) is 2. The number of nitrogens with zero attached hydrogens (tertiary/aromatic N) is 1. The summed E-state index contributed by atoms with van der Waals surface area (Å²) in [4.78, 5) is 25.5. The van der Waals surface area contributed by atoms with E-state index in [-0.39, 0.29) is 17.5 Å². The predicted molar refractivity (Wildman–Crippen MR) is 90.3 cm³/mol. The fourth-order valence-corrected chi connectivity index (χ4v) is 2.29. The molecule has 1 aliphatic rings. The van der Waals surface area contributed by atoms with E-state index < -0.39 is 24.6 Å². The van der Waals surface area contributed by atoms with Crippen molar-refractivity contribution in [3.63, 3.8) is 0 Å². The molecule has 1 aliphatic carbocycles. The molecule has 2 rings (SSSR count). The van der Waals surface area contributed by atoms with Gasteiger partial charge in [-0.15, -0.1) is 0 Å². The van der Waals surface area contributed by atoms with Gasteiger partial charge in [-0.2, -0.15) is 8.78 Å². The molecular weight excluding hydrogens is 348 g/mol. The van der Waals surface area contributed by atoms with Gasteiger partial charge >= 0.3 is 12.6 Å². The molecule has 1 saturated carbocycles. The van der Waals surface area contributed by atoms with Crippen LogP contribution in [0.15, 0.2) is 18.2 Å². The number of hydrogen-bond donors (Lipinski definition) is 2. The lowest BCUT2D eigenvalue weighted by molar-refractivity contribution is -0.124. The number of methoxy groups -OCH3 is 1. The average molecular weight is 371 g/mol. The molecule has 0 spiro atoms. The molecule has 1 atom stereocenters. The minimum atomic E-state index is -2.94. The van der Waals surface area contributed by atoms with Crippen molar-refractivity contribution in [1.29, 1.82) is 0 Å². The van der Waals surface area contributed by atoms with E-state index in [1.54, 1.807) is 31.0 Å². The van der Waals surface area contributed by atoms with Gasteiger partial charge in [0.25, 0.3) is 0 Å². The molecule has 0 aromatic heterocycles. The van der Waals surface area contributed by atoms with Crippen LogP contribution in [0.1, 0.15) is 25.3 Å². The number of benzene rings is 1. The van der Waals surface area contributed by atoms with Crippen LogP contribution >= 0.6 is 0 Å². The minimum absolute atomic E-state index is 0.0589. The van der Waals surface area contributed by atoms with Crippen molar-refractivity contribution in [2.75, 3.05) is 14.2 Å². The number of amides is 3. The number of likely N-dealkylation sites (N-methyl/N-ethyl adjacent to an activating group) is 1. The summed E-state index contributed by atoms with van der Waals surface area (Å²) in [5, 5.41) is 5.00. The van der Waals surface area contributed by atoms with E-state index in [0.717, 1.165) is 18.4 Å². The van der Waals surface area contributed by atoms with Crippen LogP contribution in [-0.4, -0.2) is 49.7 Å². The Morgan fingerprint density at radius 3 is 2.58 bits per heavy atom. The number of imide groups is 1. The van der Waals surface area contributed by atoms with Gasteiger partial charge in [-0.05, 0) is 44.5 Å². The monoisotopic (exact) mass is 371 g/mol. The molecule has 26 heavy (non-hydrogen) atoms. The van der Waals surface area contributed by atoms with Gasteiger partial charge in [-0.3, -0.25) is 15.0 Å². The molecule has 0 aliphatic heterocycles. The smallest absolute Gasteiger partial charge is 0.387 e. The maximum Gasteiger partial charge on any atom is 0.387 e. The first kappa shape index (κ1) is 19.9. The second-order valence-corrected chi connectivity index (χ2v) is 6.19. The van der Waals surface area contributed by atoms with Gasteiger partial charge in [0.15, 0.2) is 11.5 Å². The molecule has 9 heteroatoms. The summed E-state index contributed by atoms with van der Waals surface area (Å²) < 4.78 is 34.2. The van der Waals surface area contributed by atoms with E-state index in [9.17, 15) is 18.4 Å². The second kappa shape index (κ2) is 8.79. The number of halogens is 2. The fourth-order valence-electron chi connectivity index (χ4n) is 2.29. The normalized spacial score (nSPS) is 14.9. The Kier molecular flexibility index (Phi) is 6.73. The fraction of sp³-hybridized carbons (Fsp3) is 0.529. The Morgan fingerprint density at radius 1 is 1.31 bits per heavy atom. The van der Waals surface area contributed by atoms with Crippen molar-refractivity contribution in [2.24, 2.45) is 0 Å². The van der Waals surface area contributed by atoms with Gasteiger partial charge in [0, 0.05) is 12.6 Å². The van der Waals surface area contributed by atoms with Crippen LogP contribution in [0.25, 0.3) is 0 Å². The van der Waals surface area contributed by atoms with Crippen LogP contribution in [0, 0.1) is 0 Å². The van der Waals surface area contributed by atoms with Gasteiger partial charge in [0.05, 0.1) is 13.2 Å². The SMILES string of the molecule is COc1cc(CN(C)C(C)C(=O)NC(=O)NC2CC2)ccc1OC(F)F. The lowest BCUT2D eigenvalue weighted by Gasteiger charge is -2.24. The molecule has 0 saturated heterocycles. The summed E-state index contributed by atoms with van der Waals surface area (Å²) in [6.07, 6.45) is 1.87. The van der Waals surface area contributed by atoms with E-state index in [1.807, 2.05) is 0 Å². The van der Waals surface area contributed by atoms with E-state index in [0.29, 0.717) is 6.54 Å². The maximum absolute atomic E-state index is 12.4. The summed E-state index contributed by atoms with van der Waals surface area (Å²) in [5.41, 5.74) is 0.744. The van der Waals surface area contributed by atoms with Crippen LogP contribution in [0.3, 0.4) is 0 Å². The number of nitrogens with one attached hydrogen (secondary N) is 2. The van der Waals surface area contributed by atoms with Crippen LogP contribution in [-0.2, 0) is 11.3 Å². The first-order valence-electron chi connectivity index (χ1n) is 8.23. The summed E-state index contributed by atoms with van der Waals surface area (Å²) in [6.45, 7) is -0.919. The molecule has 144 valence electrons. The van der Waals surface area contributed by atoms with Crippen LogP contribution < -0.4 is 20.1 Å². The average Bonchev–Trinajstić information content (AvgIpc) is 3.38. The molecule has 2 N–H and O–H groups in total. The Bertz CT molecular complexity index is 653. The largest absolute Gasteiger partial charge is 0.493 e. The third kappa shape index (κ3) is 5.83. The molecule has 1 unspecified atom stereocenters. The topological polar surface area (TPSA) is 79.9 Å². The highest BCUT2D eigenvalue weighted by Crippen LogP contribution is 2.30. The first-order valence-corrected chi connectivity index (χ1v) is 8.23. The third-order valence-corrected chi connectivity index (χ3v) is 4.07. The van der Waals surface area contributed by atoms with Gasteiger partial charge in [0.2, 0.25) is 5.91 Å². The van der Waals surface area contributed by atoms with Crippen molar-refractivity contribution >= 4 is 11.9 Å². The lowest BCUT2D eigenvalue weighted by atomic mass is 10.1. The van der Waals surface area contributed by atoms with Crippen LogP contribution in [0.2, 0.25) is 0 Å². The molecule has 0 heterocycles. The van der Waals surface area contributed by atoms with Crippen molar-refractivity contribution in [2.45, 2.75) is 45.0 Å². The van der Waals surface area contributed by atoms with Crippen molar-refractivity contribution in [1.82, 2.24) is 15.5 Å². The number of carbonyl (C=O) groups is 2. The van der Waals surface area contributed by atoms with Gasteiger partial charge in [-0.25, -0.2) is 4.79 Å². The number of hydrogen-bond acceptors (Lipinski definition) is 5. The van der Waals surface area contributed by atoms with E-state index >= 15 is 0 Å². The zero-order valence-corrected chi connectivity index (χ0v) is 14.9. The Balaban J connectivity index is 1.93. The Labute approximate surface area is 150 Å². The molecular formula is C17H23F2N3O4. The standard InChI is InChI=1S/C17H23F2N3O4/c1-10(15(23)21-17(24)20-12-5-6-12)22(2)9-11-4-7-13(26-16(18)19)14(8-11)25-3/h4,7-8,10,12,16H,5-6,9H2,1-3H3,(H2,20,21,23,24). The molecule has 3 amide bonds. The number of urea groups is 1. The third-order valence-electron chi connectivity index (χ3n) is 4.07. The zero-order valence-electron chi connectivity index (χ0n) is 14.9. The molecule has 1 aromatic carbocycles. The lowest BCUT2D eigenvalue weighted by Crippen LogP contribution is -2.48. The Hall–Kier alpha value is -2.42. The molecule has 1 fully saturated rings. The summed E-state index contributed by atoms with van der Waals surface area (Å²) in [6, 6.07) is 3.68. The number of carbonyl (C=O) groups excluding carboxylic acids is 2. The van der Waals surface area contributed by atoms with Gasteiger partial charge in [-0.1, -0.05) is 6.07 Å². The Morgan fingerprint density at radius 2 is 2.00 bits per heavy atom. The number of alkyl halides is 2. The maximum atomic E-state index is 12.4. The van der Waals surface area contributed by atoms with E-state index in [1.165, 1.54) is 13.2 Å². The summed E-state index contributed by atoms with van der Waals surface area (Å²) >= 11 is 0. The molecule has 0 radical (unpaired) electrons. The molecule has 7 nitrogen and oxygen atoms in total. The van der Waals surface area contributed by atoms with Gasteiger partial charge < -0.3 is 14.8 Å². The summed E-state index contributed by atoms with van der Waals surface area (Å²) in [7, 11) is 3.08.